The van der Waals surface area contributed by atoms with Crippen LogP contribution in [0.2, 0.25) is 0 Å². The van der Waals surface area contributed by atoms with Gasteiger partial charge >= 0.3 is 0 Å². The Morgan fingerprint density at radius 3 is 2.76 bits per heavy atom. The van der Waals surface area contributed by atoms with E-state index in [9.17, 15) is 4.79 Å². The molecule has 114 valence electrons. The molecule has 2 aliphatic rings. The maximum Gasteiger partial charge on any atom is 0.250 e. The van der Waals surface area contributed by atoms with Crippen molar-refractivity contribution in [3.05, 3.63) is 29.6 Å². The van der Waals surface area contributed by atoms with Gasteiger partial charge in [0.05, 0.1) is 17.9 Å². The number of primary amides is 1. The summed E-state index contributed by atoms with van der Waals surface area (Å²) >= 11 is 0. The lowest BCUT2D eigenvalue weighted by Crippen LogP contribution is -2.47. The highest BCUT2D eigenvalue weighted by molar-refractivity contribution is 5.92. The molecular weight excluding hydrogens is 270 g/mol. The minimum atomic E-state index is -0.456. The van der Waals surface area contributed by atoms with Crippen LogP contribution in [-0.2, 0) is 9.47 Å². The van der Waals surface area contributed by atoms with Crippen molar-refractivity contribution in [1.29, 1.82) is 0 Å². The Morgan fingerprint density at radius 2 is 2.10 bits per heavy atom. The molecule has 1 unspecified atom stereocenters. The van der Waals surface area contributed by atoms with Crippen molar-refractivity contribution >= 4 is 5.91 Å². The van der Waals surface area contributed by atoms with Crippen LogP contribution in [0.5, 0.6) is 0 Å². The first-order valence-electron chi connectivity index (χ1n) is 7.43. The van der Waals surface area contributed by atoms with E-state index < -0.39 is 5.91 Å². The highest BCUT2D eigenvalue weighted by Crippen LogP contribution is 2.25. The van der Waals surface area contributed by atoms with Gasteiger partial charge in [-0.2, -0.15) is 0 Å². The number of nitrogens with two attached hydrogens (primary N) is 1. The van der Waals surface area contributed by atoms with E-state index in [-0.39, 0.29) is 6.10 Å². The summed E-state index contributed by atoms with van der Waals surface area (Å²) in [5.41, 5.74) is 6.52. The van der Waals surface area contributed by atoms with Crippen LogP contribution in [0.1, 0.15) is 35.0 Å². The van der Waals surface area contributed by atoms with Crippen LogP contribution in [0.15, 0.2) is 18.3 Å². The second kappa shape index (κ2) is 6.51. The van der Waals surface area contributed by atoms with Gasteiger partial charge < -0.3 is 15.2 Å². The molecule has 0 radical (unpaired) electrons. The first-order valence-corrected chi connectivity index (χ1v) is 7.43. The van der Waals surface area contributed by atoms with Gasteiger partial charge in [-0.25, -0.2) is 0 Å². The molecule has 2 saturated heterocycles. The molecule has 2 N–H and O–H groups in total. The van der Waals surface area contributed by atoms with E-state index in [4.69, 9.17) is 15.2 Å². The first kappa shape index (κ1) is 14.4. The molecule has 1 aromatic rings. The van der Waals surface area contributed by atoms with Gasteiger partial charge in [-0.3, -0.25) is 14.7 Å². The van der Waals surface area contributed by atoms with E-state index >= 15 is 0 Å². The zero-order valence-corrected chi connectivity index (χ0v) is 12.0. The highest BCUT2D eigenvalue weighted by atomic mass is 16.5. The van der Waals surface area contributed by atoms with Gasteiger partial charge in [0.15, 0.2) is 0 Å². The fraction of sp³-hybridized carbons (Fsp3) is 0.600. The van der Waals surface area contributed by atoms with E-state index in [1.807, 2.05) is 6.07 Å². The monoisotopic (exact) mass is 291 g/mol. The molecule has 0 saturated carbocycles. The molecule has 0 aliphatic carbocycles. The normalized spacial score (nSPS) is 24.9. The maximum absolute atomic E-state index is 11.1. The molecule has 21 heavy (non-hydrogen) atoms. The number of pyridine rings is 1. The molecule has 6 nitrogen and oxygen atoms in total. The SMILES string of the molecule is NC(=O)c1ccc(C2CN(C3CCOCC3)CCO2)nc1. The molecular formula is C15H21N3O3. The Balaban J connectivity index is 1.66. The number of amides is 1. The van der Waals surface area contributed by atoms with Crippen molar-refractivity contribution in [2.45, 2.75) is 25.0 Å². The number of hydrogen-bond acceptors (Lipinski definition) is 5. The number of ether oxygens (including phenoxy) is 2. The van der Waals surface area contributed by atoms with Crippen molar-refractivity contribution in [2.75, 3.05) is 32.9 Å². The summed E-state index contributed by atoms with van der Waals surface area (Å²) in [6.07, 6.45) is 3.65. The summed E-state index contributed by atoms with van der Waals surface area (Å²) in [5, 5.41) is 0. The second-order valence-corrected chi connectivity index (χ2v) is 5.53. The zero-order valence-electron chi connectivity index (χ0n) is 12.0. The summed E-state index contributed by atoms with van der Waals surface area (Å²) in [6.45, 7) is 4.20. The largest absolute Gasteiger partial charge is 0.381 e. The van der Waals surface area contributed by atoms with Crippen molar-refractivity contribution in [2.24, 2.45) is 5.73 Å². The van der Waals surface area contributed by atoms with Gasteiger partial charge in [0.25, 0.3) is 0 Å². The second-order valence-electron chi connectivity index (χ2n) is 5.53. The first-order chi connectivity index (χ1) is 10.2. The molecule has 6 heteroatoms. The predicted octanol–water partition coefficient (Wildman–Crippen LogP) is 0.733. The average Bonchev–Trinajstić information content (AvgIpc) is 2.56. The number of nitrogens with zero attached hydrogens (tertiary/aromatic N) is 2. The molecule has 1 atom stereocenters. The highest BCUT2D eigenvalue weighted by Gasteiger charge is 2.29. The molecule has 2 fully saturated rings. The third-order valence-electron chi connectivity index (χ3n) is 4.21. The number of aromatic nitrogens is 1. The summed E-state index contributed by atoms with van der Waals surface area (Å²) in [5.74, 6) is -0.456. The van der Waals surface area contributed by atoms with E-state index in [0.29, 0.717) is 18.2 Å². The smallest absolute Gasteiger partial charge is 0.250 e. The lowest BCUT2D eigenvalue weighted by molar-refractivity contribution is -0.0647. The summed E-state index contributed by atoms with van der Waals surface area (Å²) in [7, 11) is 0. The summed E-state index contributed by atoms with van der Waals surface area (Å²) in [6, 6.07) is 4.12. The minimum absolute atomic E-state index is 0.0384. The number of carbonyl (C=O) groups excluding carboxylic acids is 1. The Morgan fingerprint density at radius 1 is 1.29 bits per heavy atom. The van der Waals surface area contributed by atoms with Crippen LogP contribution in [0.3, 0.4) is 0 Å². The quantitative estimate of drug-likeness (QED) is 0.888. The molecule has 3 heterocycles. The third kappa shape index (κ3) is 3.40. The van der Waals surface area contributed by atoms with E-state index in [2.05, 4.69) is 9.88 Å². The van der Waals surface area contributed by atoms with Gasteiger partial charge in [-0.1, -0.05) is 0 Å². The van der Waals surface area contributed by atoms with E-state index in [0.717, 1.165) is 44.8 Å². The van der Waals surface area contributed by atoms with Crippen LogP contribution in [0, 0.1) is 0 Å². The van der Waals surface area contributed by atoms with Crippen molar-refractivity contribution in [1.82, 2.24) is 9.88 Å². The Hall–Kier alpha value is -1.50. The molecule has 0 bridgehead atoms. The molecule has 3 rings (SSSR count). The van der Waals surface area contributed by atoms with Gasteiger partial charge in [-0.05, 0) is 25.0 Å². The third-order valence-corrected chi connectivity index (χ3v) is 4.21. The van der Waals surface area contributed by atoms with Gasteiger partial charge in [0, 0.05) is 38.5 Å². The lowest BCUT2D eigenvalue weighted by Gasteiger charge is -2.39. The van der Waals surface area contributed by atoms with Gasteiger partial charge in [-0.15, -0.1) is 0 Å². The number of hydrogen-bond donors (Lipinski definition) is 1. The van der Waals surface area contributed by atoms with Crippen LogP contribution < -0.4 is 5.73 Å². The van der Waals surface area contributed by atoms with Gasteiger partial charge in [0.1, 0.15) is 6.10 Å². The molecule has 1 aromatic heterocycles. The molecule has 1 amide bonds. The fourth-order valence-electron chi connectivity index (χ4n) is 2.97. The molecule has 0 aromatic carbocycles. The Kier molecular flexibility index (Phi) is 4.48. The van der Waals surface area contributed by atoms with E-state index in [1.165, 1.54) is 6.20 Å². The van der Waals surface area contributed by atoms with Gasteiger partial charge in [0.2, 0.25) is 5.91 Å². The lowest BCUT2D eigenvalue weighted by atomic mass is 10.0. The van der Waals surface area contributed by atoms with Crippen molar-refractivity contribution in [3.8, 4) is 0 Å². The zero-order chi connectivity index (χ0) is 14.7. The standard InChI is InChI=1S/C15H21N3O3/c16-15(19)11-1-2-13(17-9-11)14-10-18(5-8-21-14)12-3-6-20-7-4-12/h1-2,9,12,14H,3-8,10H2,(H2,16,19). The number of carbonyl (C=O) groups is 1. The fourth-order valence-corrected chi connectivity index (χ4v) is 2.97. The van der Waals surface area contributed by atoms with Crippen LogP contribution in [-0.4, -0.2) is 54.7 Å². The number of rotatable bonds is 3. The molecule has 2 aliphatic heterocycles. The van der Waals surface area contributed by atoms with Crippen molar-refractivity contribution < 1.29 is 14.3 Å². The van der Waals surface area contributed by atoms with Crippen LogP contribution >= 0.6 is 0 Å². The average molecular weight is 291 g/mol. The van der Waals surface area contributed by atoms with Crippen LogP contribution in [0.25, 0.3) is 0 Å². The van der Waals surface area contributed by atoms with Crippen LogP contribution in [0.4, 0.5) is 0 Å². The summed E-state index contributed by atoms with van der Waals surface area (Å²) in [4.78, 5) is 17.9. The maximum atomic E-state index is 11.1. The van der Waals surface area contributed by atoms with Crippen molar-refractivity contribution in [3.63, 3.8) is 0 Å². The van der Waals surface area contributed by atoms with E-state index in [1.54, 1.807) is 6.07 Å². The Bertz CT molecular complexity index is 485. The summed E-state index contributed by atoms with van der Waals surface area (Å²) < 4.78 is 11.3. The number of morpholine rings is 1. The molecule has 0 spiro atoms. The minimum Gasteiger partial charge on any atom is -0.381 e. The topological polar surface area (TPSA) is 77.7 Å². The Labute approximate surface area is 124 Å². The predicted molar refractivity (Wildman–Crippen MR) is 76.9 cm³/mol.